The van der Waals surface area contributed by atoms with Crippen LogP contribution in [0.15, 0.2) is 28.0 Å². The van der Waals surface area contributed by atoms with Crippen molar-refractivity contribution in [2.45, 2.75) is 4.90 Å². The first-order valence-corrected chi connectivity index (χ1v) is 5.64. The molecule has 1 aliphatic heterocycles. The van der Waals surface area contributed by atoms with Gasteiger partial charge in [0.25, 0.3) is 0 Å². The van der Waals surface area contributed by atoms with Crippen LogP contribution >= 0.6 is 0 Å². The number of sulfone groups is 1. The van der Waals surface area contributed by atoms with Gasteiger partial charge in [0.2, 0.25) is 9.84 Å². The largest absolute Gasteiger partial charge is 0.508 e. The standard InChI is InChI=1S/C9H9NO4S/c10-14-5-8-3-6-1-2-7(11)4-9(6)15(8,12)13/h1-4,11H,5,10H2. The Balaban J connectivity index is 2.58. The average molecular weight is 227 g/mol. The Labute approximate surface area is 86.7 Å². The maximum atomic E-state index is 11.8. The van der Waals surface area contributed by atoms with E-state index >= 15 is 0 Å². The maximum Gasteiger partial charge on any atom is 0.205 e. The van der Waals surface area contributed by atoms with E-state index in [4.69, 9.17) is 5.90 Å². The molecule has 0 saturated carbocycles. The first-order valence-electron chi connectivity index (χ1n) is 4.16. The van der Waals surface area contributed by atoms with E-state index in [1.807, 2.05) is 0 Å². The summed E-state index contributed by atoms with van der Waals surface area (Å²) in [5.41, 5.74) is 0.542. The minimum atomic E-state index is -3.53. The molecule has 0 unspecified atom stereocenters. The number of aromatic hydroxyl groups is 1. The summed E-state index contributed by atoms with van der Waals surface area (Å²) in [6, 6.07) is 4.17. The summed E-state index contributed by atoms with van der Waals surface area (Å²) < 4.78 is 23.6. The van der Waals surface area contributed by atoms with Crippen molar-refractivity contribution in [2.75, 3.05) is 6.61 Å². The SMILES string of the molecule is NOCC1=Cc2ccc(O)cc2S1(=O)=O. The molecule has 80 valence electrons. The number of phenolic OH excluding ortho intramolecular Hbond substituents is 1. The van der Waals surface area contributed by atoms with E-state index < -0.39 is 9.84 Å². The van der Waals surface area contributed by atoms with Gasteiger partial charge in [-0.25, -0.2) is 14.3 Å². The Bertz CT molecular complexity index is 533. The number of nitrogens with two attached hydrogens (primary N) is 1. The fraction of sp³-hybridized carbons (Fsp3) is 0.111. The number of phenols is 1. The number of hydrogen-bond donors (Lipinski definition) is 2. The average Bonchev–Trinajstić information content (AvgIpc) is 2.41. The third-order valence-electron chi connectivity index (χ3n) is 2.17. The van der Waals surface area contributed by atoms with Gasteiger partial charge in [0, 0.05) is 0 Å². The fourth-order valence-corrected chi connectivity index (χ4v) is 2.97. The van der Waals surface area contributed by atoms with Crippen molar-refractivity contribution in [2.24, 2.45) is 5.90 Å². The third-order valence-corrected chi connectivity index (χ3v) is 4.03. The number of rotatable bonds is 2. The summed E-state index contributed by atoms with van der Waals surface area (Å²) in [6.45, 7) is -0.169. The fourth-order valence-electron chi connectivity index (χ4n) is 1.47. The van der Waals surface area contributed by atoms with E-state index in [-0.39, 0.29) is 22.2 Å². The lowest BCUT2D eigenvalue weighted by Crippen LogP contribution is -2.09. The lowest BCUT2D eigenvalue weighted by atomic mass is 10.2. The molecule has 0 aromatic heterocycles. The molecular weight excluding hydrogens is 218 g/mol. The molecule has 6 heteroatoms. The topological polar surface area (TPSA) is 89.6 Å². The van der Waals surface area contributed by atoms with Gasteiger partial charge in [-0.2, -0.15) is 0 Å². The zero-order chi connectivity index (χ0) is 11.1. The highest BCUT2D eigenvalue weighted by Gasteiger charge is 2.29. The predicted molar refractivity (Wildman–Crippen MR) is 53.4 cm³/mol. The normalized spacial score (nSPS) is 17.3. The summed E-state index contributed by atoms with van der Waals surface area (Å²) in [4.78, 5) is 4.51. The van der Waals surface area contributed by atoms with Crippen molar-refractivity contribution in [3.05, 3.63) is 28.7 Å². The number of hydrogen-bond acceptors (Lipinski definition) is 5. The molecule has 1 heterocycles. The number of benzene rings is 1. The Hall–Kier alpha value is -1.37. The number of fused-ring (bicyclic) bond motifs is 1. The molecule has 0 atom stereocenters. The first-order chi connectivity index (χ1) is 7.05. The lowest BCUT2D eigenvalue weighted by Gasteiger charge is -2.02. The zero-order valence-corrected chi connectivity index (χ0v) is 8.49. The van der Waals surface area contributed by atoms with Crippen LogP contribution in [0.4, 0.5) is 0 Å². The van der Waals surface area contributed by atoms with Crippen LogP contribution in [0.3, 0.4) is 0 Å². The summed E-state index contributed by atoms with van der Waals surface area (Å²) in [7, 11) is -3.53. The molecule has 0 fully saturated rings. The van der Waals surface area contributed by atoms with Crippen LogP contribution < -0.4 is 5.90 Å². The van der Waals surface area contributed by atoms with Crippen molar-refractivity contribution in [3.63, 3.8) is 0 Å². The molecule has 0 amide bonds. The van der Waals surface area contributed by atoms with Crippen LogP contribution in [0.2, 0.25) is 0 Å². The third kappa shape index (κ3) is 1.52. The zero-order valence-electron chi connectivity index (χ0n) is 7.67. The van der Waals surface area contributed by atoms with Crippen molar-refractivity contribution in [1.82, 2.24) is 0 Å². The van der Waals surface area contributed by atoms with E-state index in [0.29, 0.717) is 5.56 Å². The predicted octanol–water partition coefficient (Wildman–Crippen LogP) is 0.411. The highest BCUT2D eigenvalue weighted by Crippen LogP contribution is 2.34. The molecule has 0 bridgehead atoms. The van der Waals surface area contributed by atoms with Gasteiger partial charge in [0.1, 0.15) is 12.4 Å². The van der Waals surface area contributed by atoms with Gasteiger partial charge in [0.05, 0.1) is 9.80 Å². The van der Waals surface area contributed by atoms with E-state index in [1.165, 1.54) is 24.3 Å². The molecule has 0 radical (unpaired) electrons. The summed E-state index contributed by atoms with van der Waals surface area (Å²) in [5, 5.41) is 9.20. The van der Waals surface area contributed by atoms with Gasteiger partial charge in [-0.3, -0.25) is 4.84 Å². The van der Waals surface area contributed by atoms with Crippen LogP contribution in [0.25, 0.3) is 6.08 Å². The second kappa shape index (κ2) is 3.34. The molecule has 0 saturated heterocycles. The van der Waals surface area contributed by atoms with Crippen LogP contribution in [0.1, 0.15) is 5.56 Å². The molecule has 0 aliphatic carbocycles. The second-order valence-electron chi connectivity index (χ2n) is 3.15. The minimum absolute atomic E-state index is 0.0827. The van der Waals surface area contributed by atoms with Gasteiger partial charge in [-0.05, 0) is 29.8 Å². The Morgan fingerprint density at radius 3 is 2.80 bits per heavy atom. The minimum Gasteiger partial charge on any atom is -0.508 e. The quantitative estimate of drug-likeness (QED) is 0.714. The van der Waals surface area contributed by atoms with Crippen LogP contribution in [-0.2, 0) is 14.7 Å². The van der Waals surface area contributed by atoms with Crippen LogP contribution in [-0.4, -0.2) is 20.1 Å². The van der Waals surface area contributed by atoms with E-state index in [0.717, 1.165) is 0 Å². The van der Waals surface area contributed by atoms with Gasteiger partial charge < -0.3 is 5.11 Å². The molecule has 1 aromatic rings. The Morgan fingerprint density at radius 2 is 2.13 bits per heavy atom. The summed E-state index contributed by atoms with van der Waals surface area (Å²) in [6.07, 6.45) is 1.48. The second-order valence-corrected chi connectivity index (χ2v) is 5.12. The Kier molecular flexibility index (Phi) is 2.26. The molecule has 1 aliphatic rings. The lowest BCUT2D eigenvalue weighted by molar-refractivity contribution is 0.166. The molecular formula is C9H9NO4S. The maximum absolute atomic E-state index is 11.8. The highest BCUT2D eigenvalue weighted by atomic mass is 32.2. The van der Waals surface area contributed by atoms with Crippen LogP contribution in [0, 0.1) is 0 Å². The summed E-state index contributed by atoms with van der Waals surface area (Å²) >= 11 is 0. The molecule has 5 nitrogen and oxygen atoms in total. The van der Waals surface area contributed by atoms with E-state index in [1.54, 1.807) is 0 Å². The molecule has 0 spiro atoms. The van der Waals surface area contributed by atoms with Crippen molar-refractivity contribution in [3.8, 4) is 5.75 Å². The van der Waals surface area contributed by atoms with Crippen LogP contribution in [0.5, 0.6) is 5.75 Å². The van der Waals surface area contributed by atoms with E-state index in [9.17, 15) is 13.5 Å². The smallest absolute Gasteiger partial charge is 0.205 e. The highest BCUT2D eigenvalue weighted by molar-refractivity contribution is 7.95. The van der Waals surface area contributed by atoms with Crippen molar-refractivity contribution >= 4 is 15.9 Å². The van der Waals surface area contributed by atoms with Gasteiger partial charge >= 0.3 is 0 Å². The van der Waals surface area contributed by atoms with E-state index in [2.05, 4.69) is 4.84 Å². The Morgan fingerprint density at radius 1 is 1.40 bits per heavy atom. The first kappa shape index (κ1) is 10.2. The van der Waals surface area contributed by atoms with Gasteiger partial charge in [-0.15, -0.1) is 0 Å². The molecule has 2 rings (SSSR count). The van der Waals surface area contributed by atoms with Gasteiger partial charge in [-0.1, -0.05) is 0 Å². The van der Waals surface area contributed by atoms with Gasteiger partial charge in [0.15, 0.2) is 0 Å². The summed E-state index contributed by atoms with van der Waals surface area (Å²) in [5.74, 6) is 4.76. The molecule has 3 N–H and O–H groups in total. The molecule has 15 heavy (non-hydrogen) atoms. The molecule has 1 aromatic carbocycles. The van der Waals surface area contributed by atoms with Crippen molar-refractivity contribution in [1.29, 1.82) is 0 Å². The van der Waals surface area contributed by atoms with Crippen molar-refractivity contribution < 1.29 is 18.4 Å². The monoisotopic (exact) mass is 227 g/mol.